The number of anilines is 1. The summed E-state index contributed by atoms with van der Waals surface area (Å²) in [6.45, 7) is 2.90. The lowest BCUT2D eigenvalue weighted by Gasteiger charge is -2.16. The van der Waals surface area contributed by atoms with Crippen LogP contribution in [-0.4, -0.2) is 13.6 Å². The molecule has 0 saturated heterocycles. The largest absolute Gasteiger partial charge is 0.363 e. The minimum Gasteiger partial charge on any atom is -0.363 e. The number of hydrogen-bond donors (Lipinski definition) is 0. The topological polar surface area (TPSA) is 3.24 Å². The Kier molecular flexibility index (Phi) is 4.47. The van der Waals surface area contributed by atoms with Crippen molar-refractivity contribution in [2.75, 3.05) is 18.5 Å². The molecule has 0 amide bonds. The van der Waals surface area contributed by atoms with Crippen molar-refractivity contribution in [2.45, 2.75) is 32.6 Å². The zero-order valence-electron chi connectivity index (χ0n) is 11.4. The van der Waals surface area contributed by atoms with Crippen molar-refractivity contribution in [1.29, 1.82) is 0 Å². The van der Waals surface area contributed by atoms with Crippen molar-refractivity contribution in [3.05, 3.63) is 41.5 Å². The summed E-state index contributed by atoms with van der Waals surface area (Å²) < 4.78 is 0. The van der Waals surface area contributed by atoms with E-state index in [1.165, 1.54) is 42.5 Å². The molecule has 94 valence electrons. The standard InChI is InChI=1S/C17H21N/c1-15-10-12-17(13-11-15)18(2)14-6-9-16-7-4-3-5-8-16/h7,10-13H,3-5,8,14H2,1-2H3. The van der Waals surface area contributed by atoms with Crippen LogP contribution in [-0.2, 0) is 0 Å². The molecule has 0 saturated carbocycles. The number of hydrogen-bond acceptors (Lipinski definition) is 1. The number of nitrogens with zero attached hydrogens (tertiary/aromatic N) is 1. The molecule has 0 aromatic heterocycles. The van der Waals surface area contributed by atoms with Gasteiger partial charge in [0.15, 0.2) is 0 Å². The third-order valence-electron chi connectivity index (χ3n) is 3.33. The number of rotatable bonds is 2. The van der Waals surface area contributed by atoms with Crippen LogP contribution in [0.15, 0.2) is 35.9 Å². The van der Waals surface area contributed by atoms with Gasteiger partial charge in [-0.3, -0.25) is 0 Å². The number of benzene rings is 1. The Bertz CT molecular complexity index is 471. The lowest BCUT2D eigenvalue weighted by atomic mass is 10.0. The second kappa shape index (κ2) is 6.31. The first-order valence-corrected chi connectivity index (χ1v) is 6.71. The highest BCUT2D eigenvalue weighted by atomic mass is 15.1. The Hall–Kier alpha value is -1.68. The highest BCUT2D eigenvalue weighted by molar-refractivity contribution is 5.48. The highest BCUT2D eigenvalue weighted by Gasteiger charge is 2.00. The second-order valence-electron chi connectivity index (χ2n) is 4.97. The molecule has 1 heteroatoms. The van der Waals surface area contributed by atoms with E-state index in [9.17, 15) is 0 Å². The average molecular weight is 239 g/mol. The van der Waals surface area contributed by atoms with Gasteiger partial charge in [-0.05, 0) is 50.3 Å². The molecule has 0 bridgehead atoms. The molecule has 18 heavy (non-hydrogen) atoms. The molecule has 1 aliphatic rings. The summed E-state index contributed by atoms with van der Waals surface area (Å²) in [5.41, 5.74) is 3.86. The molecule has 0 unspecified atom stereocenters. The lowest BCUT2D eigenvalue weighted by Crippen LogP contribution is -2.16. The minimum absolute atomic E-state index is 0.792. The predicted octanol–water partition coefficient (Wildman–Crippen LogP) is 3.94. The molecule has 1 aliphatic carbocycles. The fourth-order valence-corrected chi connectivity index (χ4v) is 2.11. The van der Waals surface area contributed by atoms with E-state index in [1.54, 1.807) is 0 Å². The van der Waals surface area contributed by atoms with Crippen molar-refractivity contribution >= 4 is 5.69 Å². The quantitative estimate of drug-likeness (QED) is 0.707. The first kappa shape index (κ1) is 12.8. The predicted molar refractivity (Wildman–Crippen MR) is 78.8 cm³/mol. The highest BCUT2D eigenvalue weighted by Crippen LogP contribution is 2.16. The third-order valence-corrected chi connectivity index (χ3v) is 3.33. The van der Waals surface area contributed by atoms with Crippen LogP contribution in [0.2, 0.25) is 0 Å². The molecule has 0 aliphatic heterocycles. The van der Waals surface area contributed by atoms with E-state index in [-0.39, 0.29) is 0 Å². The van der Waals surface area contributed by atoms with Crippen LogP contribution in [0.5, 0.6) is 0 Å². The van der Waals surface area contributed by atoms with Gasteiger partial charge in [0.05, 0.1) is 6.54 Å². The molecular formula is C17H21N. The maximum Gasteiger partial charge on any atom is 0.0794 e. The van der Waals surface area contributed by atoms with Crippen LogP contribution in [0.4, 0.5) is 5.69 Å². The van der Waals surface area contributed by atoms with Gasteiger partial charge < -0.3 is 4.90 Å². The van der Waals surface area contributed by atoms with Gasteiger partial charge in [-0.15, -0.1) is 0 Å². The Balaban J connectivity index is 1.91. The summed E-state index contributed by atoms with van der Waals surface area (Å²) in [6.07, 6.45) is 7.30. The maximum absolute atomic E-state index is 3.30. The molecule has 0 N–H and O–H groups in total. The smallest absolute Gasteiger partial charge is 0.0794 e. The zero-order chi connectivity index (χ0) is 12.8. The van der Waals surface area contributed by atoms with Crippen LogP contribution in [0.25, 0.3) is 0 Å². The average Bonchev–Trinajstić information content (AvgIpc) is 2.40. The Morgan fingerprint density at radius 3 is 2.61 bits per heavy atom. The summed E-state index contributed by atoms with van der Waals surface area (Å²) >= 11 is 0. The zero-order valence-corrected chi connectivity index (χ0v) is 11.4. The third kappa shape index (κ3) is 3.67. The summed E-state index contributed by atoms with van der Waals surface area (Å²) in [4.78, 5) is 2.19. The molecule has 0 spiro atoms. The van der Waals surface area contributed by atoms with Gasteiger partial charge in [0, 0.05) is 12.7 Å². The molecule has 0 atom stereocenters. The van der Waals surface area contributed by atoms with E-state index >= 15 is 0 Å². The van der Waals surface area contributed by atoms with Crippen molar-refractivity contribution in [2.24, 2.45) is 0 Å². The molecule has 0 heterocycles. The SMILES string of the molecule is Cc1ccc(N(C)CC#CC2=CCCCC2)cc1. The van der Waals surface area contributed by atoms with Crippen LogP contribution in [0.1, 0.15) is 31.2 Å². The molecule has 1 nitrogen and oxygen atoms in total. The van der Waals surface area contributed by atoms with Crippen LogP contribution < -0.4 is 4.90 Å². The van der Waals surface area contributed by atoms with Gasteiger partial charge in [-0.1, -0.05) is 35.6 Å². The van der Waals surface area contributed by atoms with E-state index in [4.69, 9.17) is 0 Å². The summed E-state index contributed by atoms with van der Waals surface area (Å²) in [5, 5.41) is 0. The summed E-state index contributed by atoms with van der Waals surface area (Å²) in [6, 6.07) is 8.58. The minimum atomic E-state index is 0.792. The van der Waals surface area contributed by atoms with E-state index < -0.39 is 0 Å². The van der Waals surface area contributed by atoms with Crippen molar-refractivity contribution in [3.8, 4) is 11.8 Å². The number of aryl methyl sites for hydroxylation is 1. The lowest BCUT2D eigenvalue weighted by molar-refractivity contribution is 0.715. The first-order valence-electron chi connectivity index (χ1n) is 6.71. The normalized spacial score (nSPS) is 14.4. The van der Waals surface area contributed by atoms with Gasteiger partial charge in [-0.25, -0.2) is 0 Å². The summed E-state index contributed by atoms with van der Waals surface area (Å²) in [5.74, 6) is 6.58. The van der Waals surface area contributed by atoms with E-state index in [1.807, 2.05) is 0 Å². The molecule has 0 radical (unpaired) electrons. The van der Waals surface area contributed by atoms with E-state index in [2.05, 4.69) is 61.1 Å². The first-order chi connectivity index (χ1) is 8.75. The van der Waals surface area contributed by atoms with Crippen molar-refractivity contribution in [1.82, 2.24) is 0 Å². The van der Waals surface area contributed by atoms with Gasteiger partial charge in [0.25, 0.3) is 0 Å². The maximum atomic E-state index is 3.30. The molecule has 1 aromatic rings. The molecule has 0 fully saturated rings. The molecular weight excluding hydrogens is 218 g/mol. The fraction of sp³-hybridized carbons (Fsp3) is 0.412. The van der Waals surface area contributed by atoms with E-state index in [0.29, 0.717) is 0 Å². The fourth-order valence-electron chi connectivity index (χ4n) is 2.11. The molecule has 1 aromatic carbocycles. The summed E-state index contributed by atoms with van der Waals surface area (Å²) in [7, 11) is 2.09. The van der Waals surface area contributed by atoms with E-state index in [0.717, 1.165) is 6.54 Å². The Morgan fingerprint density at radius 1 is 1.17 bits per heavy atom. The van der Waals surface area contributed by atoms with Crippen LogP contribution in [0, 0.1) is 18.8 Å². The van der Waals surface area contributed by atoms with Gasteiger partial charge >= 0.3 is 0 Å². The van der Waals surface area contributed by atoms with Crippen LogP contribution in [0.3, 0.4) is 0 Å². The monoisotopic (exact) mass is 239 g/mol. The van der Waals surface area contributed by atoms with Crippen molar-refractivity contribution < 1.29 is 0 Å². The van der Waals surface area contributed by atoms with Gasteiger partial charge in [0.2, 0.25) is 0 Å². The molecule has 2 rings (SSSR count). The van der Waals surface area contributed by atoms with Gasteiger partial charge in [0.1, 0.15) is 0 Å². The number of allylic oxidation sites excluding steroid dienone is 2. The second-order valence-corrected chi connectivity index (χ2v) is 4.97. The van der Waals surface area contributed by atoms with Crippen LogP contribution >= 0.6 is 0 Å². The van der Waals surface area contributed by atoms with Gasteiger partial charge in [-0.2, -0.15) is 0 Å². The Morgan fingerprint density at radius 2 is 1.94 bits per heavy atom. The van der Waals surface area contributed by atoms with Crippen molar-refractivity contribution in [3.63, 3.8) is 0 Å². The Labute approximate surface area is 111 Å².